The zero-order chi connectivity index (χ0) is 35.4. The summed E-state index contributed by atoms with van der Waals surface area (Å²) in [5, 5.41) is 0. The van der Waals surface area contributed by atoms with Crippen molar-refractivity contribution >= 4 is 19.8 Å². The van der Waals surface area contributed by atoms with Crippen molar-refractivity contribution in [1.29, 1.82) is 0 Å². The monoisotopic (exact) mass is 725 g/mol. The molecule has 8 nitrogen and oxygen atoms in total. The van der Waals surface area contributed by atoms with E-state index < -0.39 is 26.5 Å². The molecular weight excluding hydrogens is 650 g/mol. The molecule has 10 heteroatoms. The molecule has 0 fully saturated rings. The number of ether oxygens (including phenoxy) is 2. The van der Waals surface area contributed by atoms with E-state index >= 15 is 0 Å². The SMILES string of the molecule is CCCCCCCC/C=C/CCCCCCCC(=O)O[C@H](COC(=O)CCCCCCCCCCCCCCC)COP(=O)([O-])OCC.[Na+]. The minimum Gasteiger partial charge on any atom is -0.756 e. The number of allylic oxidation sites excluding steroid dienone is 2. The van der Waals surface area contributed by atoms with E-state index in [1.807, 2.05) is 0 Å². The van der Waals surface area contributed by atoms with Gasteiger partial charge in [-0.1, -0.05) is 154 Å². The van der Waals surface area contributed by atoms with Gasteiger partial charge in [0.25, 0.3) is 7.82 Å². The van der Waals surface area contributed by atoms with Crippen LogP contribution in [0, 0.1) is 0 Å². The van der Waals surface area contributed by atoms with Crippen LogP contribution in [0.5, 0.6) is 0 Å². The van der Waals surface area contributed by atoms with Crippen molar-refractivity contribution in [1.82, 2.24) is 0 Å². The maximum Gasteiger partial charge on any atom is 1.00 e. The maximum absolute atomic E-state index is 12.5. The number of hydrogen-bond acceptors (Lipinski definition) is 8. The smallest absolute Gasteiger partial charge is 0.756 e. The van der Waals surface area contributed by atoms with Crippen LogP contribution in [0.4, 0.5) is 0 Å². The Morgan fingerprint density at radius 3 is 1.37 bits per heavy atom. The number of phosphoric acid groups is 1. The summed E-state index contributed by atoms with van der Waals surface area (Å²) >= 11 is 0. The fourth-order valence-corrected chi connectivity index (χ4v) is 6.36. The number of rotatable bonds is 37. The Kier molecular flexibility index (Phi) is 40.5. The van der Waals surface area contributed by atoms with E-state index in [2.05, 4.69) is 30.5 Å². The summed E-state index contributed by atoms with van der Waals surface area (Å²) < 4.78 is 32.2. The molecule has 0 heterocycles. The van der Waals surface area contributed by atoms with Crippen LogP contribution in [-0.2, 0) is 32.7 Å². The number of phosphoric ester groups is 1. The quantitative estimate of drug-likeness (QED) is 0.0206. The molecule has 2 atom stereocenters. The van der Waals surface area contributed by atoms with E-state index in [1.165, 1.54) is 116 Å². The Labute approximate surface area is 323 Å². The van der Waals surface area contributed by atoms with Crippen molar-refractivity contribution in [2.75, 3.05) is 19.8 Å². The maximum atomic E-state index is 12.5. The molecule has 0 aliphatic rings. The van der Waals surface area contributed by atoms with Crippen molar-refractivity contribution in [3.05, 3.63) is 12.2 Å². The van der Waals surface area contributed by atoms with Gasteiger partial charge in [0, 0.05) is 12.8 Å². The minimum atomic E-state index is -4.52. The van der Waals surface area contributed by atoms with Gasteiger partial charge in [-0.2, -0.15) is 0 Å². The van der Waals surface area contributed by atoms with Crippen LogP contribution in [0.2, 0.25) is 0 Å². The van der Waals surface area contributed by atoms with Gasteiger partial charge < -0.3 is 23.4 Å². The molecule has 0 amide bonds. The normalized spacial score (nSPS) is 13.2. The van der Waals surface area contributed by atoms with Crippen molar-refractivity contribution in [2.45, 2.75) is 207 Å². The Morgan fingerprint density at radius 1 is 0.551 bits per heavy atom. The zero-order valence-corrected chi connectivity index (χ0v) is 35.3. The molecular formula is C39H74NaO8P. The topological polar surface area (TPSA) is 111 Å². The van der Waals surface area contributed by atoms with Gasteiger partial charge in [0.15, 0.2) is 6.10 Å². The molecule has 0 aromatic heterocycles. The third kappa shape index (κ3) is 38.8. The summed E-state index contributed by atoms with van der Waals surface area (Å²) in [4.78, 5) is 36.7. The number of unbranched alkanes of at least 4 members (excludes halogenated alkanes) is 23. The Hall–Kier alpha value is -0.210. The van der Waals surface area contributed by atoms with E-state index in [-0.39, 0.29) is 61.6 Å². The van der Waals surface area contributed by atoms with E-state index in [1.54, 1.807) is 0 Å². The standard InChI is InChI=1S/C39H75O8P.Na/c1-4-7-9-11-13-15-17-19-20-22-24-26-28-30-32-34-39(41)47-37(36-46-48(42,43)45-6-3)35-44-38(40)33-31-29-27-25-23-21-18-16-14-12-10-8-5-2;/h19-20,37H,4-18,21-36H2,1-3H3,(H,42,43);/q;+1/p-1/b20-19+;/t37-;/m1./s1. The van der Waals surface area contributed by atoms with Gasteiger partial charge in [-0.25, -0.2) is 0 Å². The summed E-state index contributed by atoms with van der Waals surface area (Å²) in [5.41, 5.74) is 0. The summed E-state index contributed by atoms with van der Waals surface area (Å²) in [6.07, 6.45) is 35.2. The second kappa shape index (κ2) is 39.0. The molecule has 0 saturated carbocycles. The van der Waals surface area contributed by atoms with Gasteiger partial charge in [-0.15, -0.1) is 0 Å². The molecule has 0 aliphatic heterocycles. The minimum absolute atomic E-state index is 0. The van der Waals surface area contributed by atoms with Crippen molar-refractivity contribution in [3.8, 4) is 0 Å². The third-order valence-electron chi connectivity index (χ3n) is 8.56. The third-order valence-corrected chi connectivity index (χ3v) is 9.60. The van der Waals surface area contributed by atoms with Crippen LogP contribution in [0.15, 0.2) is 12.2 Å². The molecule has 0 aromatic carbocycles. The first-order chi connectivity index (χ1) is 23.3. The second-order valence-electron chi connectivity index (χ2n) is 13.3. The summed E-state index contributed by atoms with van der Waals surface area (Å²) in [7, 11) is -4.52. The molecule has 0 rings (SSSR count). The number of esters is 2. The molecule has 284 valence electrons. The van der Waals surface area contributed by atoms with E-state index in [9.17, 15) is 19.0 Å². The zero-order valence-electron chi connectivity index (χ0n) is 32.4. The molecule has 0 radical (unpaired) electrons. The molecule has 0 N–H and O–H groups in total. The number of hydrogen-bond donors (Lipinski definition) is 0. The summed E-state index contributed by atoms with van der Waals surface area (Å²) in [5.74, 6) is -0.836. The van der Waals surface area contributed by atoms with Gasteiger partial charge in [-0.05, 0) is 45.4 Å². The Balaban J connectivity index is 0. The van der Waals surface area contributed by atoms with Gasteiger partial charge in [-0.3, -0.25) is 14.2 Å². The van der Waals surface area contributed by atoms with Gasteiger partial charge in [0.05, 0.1) is 13.2 Å². The first-order valence-corrected chi connectivity index (χ1v) is 21.4. The van der Waals surface area contributed by atoms with Gasteiger partial charge >= 0.3 is 41.5 Å². The Bertz CT molecular complexity index is 810. The molecule has 0 bridgehead atoms. The molecule has 49 heavy (non-hydrogen) atoms. The van der Waals surface area contributed by atoms with Crippen molar-refractivity contribution in [3.63, 3.8) is 0 Å². The molecule has 0 saturated heterocycles. The molecule has 0 aromatic rings. The number of carbonyl (C=O) groups excluding carboxylic acids is 2. The van der Waals surface area contributed by atoms with Gasteiger partial charge in [0.1, 0.15) is 6.61 Å². The van der Waals surface area contributed by atoms with Crippen LogP contribution in [0.3, 0.4) is 0 Å². The van der Waals surface area contributed by atoms with Crippen LogP contribution >= 0.6 is 7.82 Å². The molecule has 1 unspecified atom stereocenters. The van der Waals surface area contributed by atoms with E-state index in [0.717, 1.165) is 51.4 Å². The van der Waals surface area contributed by atoms with Crippen LogP contribution in [-0.4, -0.2) is 37.9 Å². The number of carbonyl (C=O) groups is 2. The van der Waals surface area contributed by atoms with E-state index in [4.69, 9.17) is 14.0 Å². The van der Waals surface area contributed by atoms with Gasteiger partial charge in [0.2, 0.25) is 0 Å². The predicted molar refractivity (Wildman–Crippen MR) is 196 cm³/mol. The fraction of sp³-hybridized carbons (Fsp3) is 0.897. The van der Waals surface area contributed by atoms with Crippen LogP contribution < -0.4 is 34.5 Å². The Morgan fingerprint density at radius 2 is 0.939 bits per heavy atom. The van der Waals surface area contributed by atoms with Crippen LogP contribution in [0.1, 0.15) is 201 Å². The average molecular weight is 725 g/mol. The largest absolute Gasteiger partial charge is 1.00 e. The van der Waals surface area contributed by atoms with E-state index in [0.29, 0.717) is 6.42 Å². The molecule has 0 spiro atoms. The molecule has 0 aliphatic carbocycles. The average Bonchev–Trinajstić information content (AvgIpc) is 3.06. The fourth-order valence-electron chi connectivity index (χ4n) is 5.62. The van der Waals surface area contributed by atoms with Crippen LogP contribution in [0.25, 0.3) is 0 Å². The van der Waals surface area contributed by atoms with Crippen molar-refractivity contribution < 1.29 is 67.1 Å². The second-order valence-corrected chi connectivity index (χ2v) is 14.7. The summed E-state index contributed by atoms with van der Waals surface area (Å²) in [6.45, 7) is 5.27. The van der Waals surface area contributed by atoms with Crippen molar-refractivity contribution in [2.24, 2.45) is 0 Å². The first kappa shape index (κ1) is 50.9. The predicted octanol–water partition coefficient (Wildman–Crippen LogP) is 8.49. The summed E-state index contributed by atoms with van der Waals surface area (Å²) in [6, 6.07) is 0. The first-order valence-electron chi connectivity index (χ1n) is 19.9.